The minimum absolute atomic E-state index is 0.0997. The maximum atomic E-state index is 16.4. The highest BCUT2D eigenvalue weighted by Gasteiger charge is 2.53. The van der Waals surface area contributed by atoms with Gasteiger partial charge >= 0.3 is 5.97 Å². The molecule has 7 amide bonds. The van der Waals surface area contributed by atoms with Gasteiger partial charge in [0.1, 0.15) is 83.7 Å². The summed E-state index contributed by atoms with van der Waals surface area (Å²) in [5.41, 5.74) is 7.00. The van der Waals surface area contributed by atoms with E-state index in [2.05, 4.69) is 47.3 Å². The number of phenols is 1. The first-order valence-electron chi connectivity index (χ1n) is 39.2. The van der Waals surface area contributed by atoms with E-state index in [9.17, 15) is 73.9 Å². The lowest BCUT2D eigenvalue weighted by atomic mass is 9.86. The van der Waals surface area contributed by atoms with Gasteiger partial charge in [-0.2, -0.15) is 0 Å². The van der Waals surface area contributed by atoms with Gasteiger partial charge in [0.15, 0.2) is 29.9 Å². The van der Waals surface area contributed by atoms with Crippen LogP contribution in [-0.2, 0) is 74.9 Å². The Balaban J connectivity index is 1.03. The fourth-order valence-electron chi connectivity index (χ4n) is 15.4. The van der Waals surface area contributed by atoms with E-state index in [0.717, 1.165) is 79.9 Å². The van der Waals surface area contributed by atoms with Gasteiger partial charge in [0.2, 0.25) is 69.2 Å². The minimum atomic E-state index is -4.15. The van der Waals surface area contributed by atoms with Crippen molar-refractivity contribution in [2.45, 2.75) is 200 Å². The molecule has 14 rings (SSSR count). The first-order chi connectivity index (χ1) is 57.7. The summed E-state index contributed by atoms with van der Waals surface area (Å²) in [5.74, 6) is -17.6. The number of halogens is 2. The summed E-state index contributed by atoms with van der Waals surface area (Å²) in [7, 11) is -2.68. The van der Waals surface area contributed by atoms with Gasteiger partial charge in [-0.25, -0.2) is 17.9 Å². The van der Waals surface area contributed by atoms with Crippen LogP contribution < -0.4 is 77.7 Å². The molecule has 6 aromatic carbocycles. The second-order valence-corrected chi connectivity index (χ2v) is 33.9. The van der Waals surface area contributed by atoms with Gasteiger partial charge in [0, 0.05) is 48.3 Å². The van der Waals surface area contributed by atoms with Crippen LogP contribution in [0, 0.1) is 5.92 Å². The number of aromatic hydroxyl groups is 1. The summed E-state index contributed by atoms with van der Waals surface area (Å²) in [5, 5.41) is 138. The molecule has 8 aliphatic rings. The van der Waals surface area contributed by atoms with Crippen LogP contribution in [0.15, 0.2) is 102 Å². The van der Waals surface area contributed by atoms with Gasteiger partial charge in [0.05, 0.1) is 52.8 Å². The quantitative estimate of drug-likeness (QED) is 0.0279. The van der Waals surface area contributed by atoms with Crippen molar-refractivity contribution < 1.29 is 131 Å². The second kappa shape index (κ2) is 37.6. The number of ether oxygens (including phenoxy) is 7. The zero-order valence-electron chi connectivity index (χ0n) is 66.6. The van der Waals surface area contributed by atoms with Gasteiger partial charge in [-0.15, -0.1) is 0 Å². The molecule has 41 heteroatoms. The number of carbonyl (C=O) groups excluding carboxylic acids is 7. The lowest BCUT2D eigenvalue weighted by molar-refractivity contribution is -0.333. The van der Waals surface area contributed by atoms with Crippen molar-refractivity contribution in [3.8, 4) is 51.4 Å². The van der Waals surface area contributed by atoms with Crippen LogP contribution in [0.1, 0.15) is 148 Å². The van der Waals surface area contributed by atoms with E-state index >= 15 is 24.0 Å². The van der Waals surface area contributed by atoms with Crippen LogP contribution in [0.25, 0.3) is 11.1 Å². The molecular formula is C81H97Cl2N11O27S. The third-order valence-electron chi connectivity index (χ3n) is 21.9. The predicted octanol–water partition coefficient (Wildman–Crippen LogP) is 0.831. The SMILES string of the molecule is CCCCCOc1ccc(S(=O)(=O)NCCNCc2c(O)cc3c4c2C(O)(O)c2ccc(cc2-4)C2NC(=O)C4NC(=O)C(CC(N)=O)NC(=O)C(NC(=O)C(CC(C)C)NC)C(O)c5ccc(c(Cl)c5)Oc5cc4cc(c5OC4OC(CO)C(O)C(O)C4OC4CC(C)(N)C(O)C(C)O4)Oc4ccc(cc4Cl)C(O)C(NC2=O)C(=O)N[C@@H]3C(=O)O)cc1. The number of amides is 7. The molecule has 2 saturated heterocycles. The molecule has 6 aromatic rings. The Morgan fingerprint density at radius 1 is 0.738 bits per heavy atom. The number of benzene rings is 6. The Labute approximate surface area is 708 Å². The molecule has 0 aromatic heterocycles. The Morgan fingerprint density at radius 2 is 1.37 bits per heavy atom. The number of unbranched alkanes of at least 4 members (excludes halogenated alkanes) is 2. The molecule has 0 radical (unpaired) electrons. The van der Waals surface area contributed by atoms with Crippen LogP contribution in [0.5, 0.6) is 40.2 Å². The normalized spacial score (nSPS) is 27.2. The number of hydrogen-bond acceptors (Lipinski definition) is 29. The number of sulfonamides is 1. The van der Waals surface area contributed by atoms with E-state index in [1.165, 1.54) is 57.3 Å². The third kappa shape index (κ3) is 19.5. The lowest BCUT2D eigenvalue weighted by Crippen LogP contribution is -2.64. The van der Waals surface area contributed by atoms with E-state index in [-0.39, 0.29) is 80.9 Å². The molecule has 0 saturated carbocycles. The van der Waals surface area contributed by atoms with Crippen molar-refractivity contribution in [1.29, 1.82) is 0 Å². The number of likely N-dealkylation sites (N-methyl/N-ethyl adjacent to an activating group) is 1. The smallest absolute Gasteiger partial charge is 0.330 e. The summed E-state index contributed by atoms with van der Waals surface area (Å²) in [6, 6.07) is 4.13. The van der Waals surface area contributed by atoms with E-state index < -0.39 is 248 Å². The van der Waals surface area contributed by atoms with E-state index in [1.807, 2.05) is 20.8 Å². The number of nitrogens with one attached hydrogen (secondary N) is 9. The summed E-state index contributed by atoms with van der Waals surface area (Å²) in [4.78, 5) is 120. The Kier molecular flexibility index (Phi) is 28.1. The number of carbonyl (C=O) groups is 8. The number of phenolic OH excluding ortho intramolecular Hbond substituents is 1. The summed E-state index contributed by atoms with van der Waals surface area (Å²) >= 11 is 14.3. The van der Waals surface area contributed by atoms with Crippen molar-refractivity contribution in [3.63, 3.8) is 0 Å². The number of aliphatic carboxylic acids is 1. The fraction of sp³-hybridized carbons (Fsp3) is 0.457. The molecule has 658 valence electrons. The first-order valence-corrected chi connectivity index (χ1v) is 41.5. The van der Waals surface area contributed by atoms with E-state index in [1.54, 1.807) is 0 Å². The van der Waals surface area contributed by atoms with E-state index in [0.29, 0.717) is 12.4 Å². The highest BCUT2D eigenvalue weighted by molar-refractivity contribution is 7.89. The predicted molar refractivity (Wildman–Crippen MR) is 430 cm³/mol. The molecule has 23 N–H and O–H groups in total. The molecule has 2 fully saturated rings. The molecule has 38 nitrogen and oxygen atoms in total. The summed E-state index contributed by atoms with van der Waals surface area (Å²) < 4.78 is 73.8. The molecule has 7 aliphatic heterocycles. The van der Waals surface area contributed by atoms with Gasteiger partial charge in [0.25, 0.3) is 0 Å². The Hall–Kier alpha value is -9.99. The number of aliphatic hydroxyl groups is 8. The maximum absolute atomic E-state index is 16.4. The van der Waals surface area contributed by atoms with Crippen molar-refractivity contribution in [3.05, 3.63) is 152 Å². The van der Waals surface area contributed by atoms with Crippen LogP contribution >= 0.6 is 23.2 Å². The number of rotatable bonds is 25. The Morgan fingerprint density at radius 3 is 1.98 bits per heavy atom. The molecule has 0 spiro atoms. The van der Waals surface area contributed by atoms with Gasteiger partial charge in [-0.3, -0.25) is 33.6 Å². The number of hydrogen-bond donors (Lipinski definition) is 21. The average molecular weight is 1760 g/mol. The topological polar surface area (TPSA) is 598 Å². The Bertz CT molecular complexity index is 5110. The first kappa shape index (κ1) is 91.2. The number of primary amides is 1. The van der Waals surface area contributed by atoms with Gasteiger partial charge < -0.3 is 138 Å². The number of carboxylic acid groups (broad SMARTS) is 1. The van der Waals surface area contributed by atoms with Crippen molar-refractivity contribution in [2.75, 3.05) is 33.4 Å². The summed E-state index contributed by atoms with van der Waals surface area (Å²) in [6.07, 6.45) is -16.2. The molecule has 17 unspecified atom stereocenters. The number of nitrogens with two attached hydrogens (primary N) is 2. The molecule has 122 heavy (non-hydrogen) atoms. The average Bonchev–Trinajstić information content (AvgIpc) is 1.54. The van der Waals surface area contributed by atoms with Crippen LogP contribution in [-0.4, -0.2) is 219 Å². The number of aliphatic hydroxyl groups excluding tert-OH is 6. The maximum Gasteiger partial charge on any atom is 0.330 e. The molecule has 18 atom stereocenters. The van der Waals surface area contributed by atoms with Crippen molar-refractivity contribution >= 4 is 80.5 Å². The number of fused-ring (bicyclic) bond motifs is 12. The third-order valence-corrected chi connectivity index (χ3v) is 23.9. The summed E-state index contributed by atoms with van der Waals surface area (Å²) in [6.45, 7) is 7.08. The van der Waals surface area contributed by atoms with Crippen molar-refractivity contribution in [2.24, 2.45) is 17.4 Å². The van der Waals surface area contributed by atoms with Crippen LogP contribution in [0.4, 0.5) is 0 Å². The van der Waals surface area contributed by atoms with E-state index in [4.69, 9.17) is 67.8 Å². The highest BCUT2D eigenvalue weighted by Crippen LogP contribution is 2.54. The second-order valence-electron chi connectivity index (χ2n) is 31.3. The highest BCUT2D eigenvalue weighted by atomic mass is 35.5. The molecule has 11 bridgehead atoms. The monoisotopic (exact) mass is 1760 g/mol. The molecule has 7 heterocycles. The molecule has 1 aliphatic carbocycles. The van der Waals surface area contributed by atoms with Crippen LogP contribution in [0.2, 0.25) is 10.0 Å². The van der Waals surface area contributed by atoms with Crippen LogP contribution in [0.3, 0.4) is 0 Å². The van der Waals surface area contributed by atoms with Crippen molar-refractivity contribution in [1.82, 2.24) is 47.3 Å². The zero-order chi connectivity index (χ0) is 88.5. The number of carboxylic acids is 1. The fourth-order valence-corrected chi connectivity index (χ4v) is 16.9. The zero-order valence-corrected chi connectivity index (χ0v) is 69.0. The minimum Gasteiger partial charge on any atom is -0.508 e. The standard InChI is InChI=1S/C81H97Cl2N11O27S/c1-7-8-9-22-115-40-13-15-41(16-14-40)122(113,114)88-21-20-87-32-44-50(96)29-43-58-42-24-36(10-17-45(42)81(111,112)59(44)58)60-74(105)94-64(77(108)92-62(43)78(109)110)66(99)38-12-19-52(47(83)26-38)118-54-28-39-27-53(69(54)121-79-70(68(101)67(100)55(33-95)119-79)120-57-31-80(5,85)71(102)35(4)116-57)117-51-18-11-37(25-46(51)82)65(98)63(93-72(103)48(86-6)23-34(2)3)76(107)89-49(30-56(84)97)73(104)90-61(39)75(106)91-60/h10-19,24-29,34-35,48-49,55,57,60-68,70-71,79,86-88,95-96,98-102,111-112H,7-9,20-23,30-33,85H2,1-6H3,(H2,84,97)(H,89,107)(H,90,104)(H,91,106)(H,92,108)(H,93,103)(H,94,105)(H,109,110)/t35?,48?,49?,55?,57?,60?,61?,62-,63?,64?,65?,66?,67?,68?,70?,71?,79?,80?/m0/s1. The molecular weight excluding hydrogens is 1660 g/mol. The van der Waals surface area contributed by atoms with Gasteiger partial charge in [-0.05, 0) is 151 Å². The lowest BCUT2D eigenvalue weighted by Gasteiger charge is -2.47. The largest absolute Gasteiger partial charge is 0.508 e. The van der Waals surface area contributed by atoms with Gasteiger partial charge in [-0.1, -0.05) is 81.1 Å².